The molecule has 12 heteroatoms. The van der Waals surface area contributed by atoms with Crippen molar-refractivity contribution in [2.45, 2.75) is 76.7 Å². The Morgan fingerprint density at radius 2 is 0.983 bits per heavy atom. The molecule has 2 heterocycles. The van der Waals surface area contributed by atoms with Gasteiger partial charge in [-0.05, 0) is 137 Å². The first-order valence-electron chi connectivity index (χ1n) is 20.2. The average molecular weight is 834 g/mol. The highest BCUT2D eigenvalue weighted by Crippen LogP contribution is 2.55. The van der Waals surface area contributed by atoms with Gasteiger partial charge in [-0.3, -0.25) is 9.59 Å². The molecule has 2 aliphatic heterocycles. The summed E-state index contributed by atoms with van der Waals surface area (Å²) < 4.78 is 27.0. The third kappa shape index (κ3) is 10.4. The highest BCUT2D eigenvalue weighted by molar-refractivity contribution is 6.31. The zero-order valence-corrected chi connectivity index (χ0v) is 34.5. The number of carbonyl (C=O) groups is 2. The number of hydrogen-bond donors (Lipinski definition) is 4. The van der Waals surface area contributed by atoms with Crippen molar-refractivity contribution in [1.82, 2.24) is 20.4 Å². The summed E-state index contributed by atoms with van der Waals surface area (Å²) in [5.41, 5.74) is 5.05. The van der Waals surface area contributed by atoms with Gasteiger partial charge in [0.2, 0.25) is 0 Å². The van der Waals surface area contributed by atoms with Gasteiger partial charge in [-0.15, -0.1) is 0 Å². The lowest BCUT2D eigenvalue weighted by atomic mass is 9.92. The van der Waals surface area contributed by atoms with Crippen LogP contribution in [-0.4, -0.2) is 83.2 Å². The normalized spacial score (nSPS) is 21.7. The van der Waals surface area contributed by atoms with Crippen LogP contribution in [0.25, 0.3) is 0 Å². The number of nitrogens with zero attached hydrogens (tertiary/aromatic N) is 2. The SMILES string of the molecule is Cc1ccc(C(O)CN2CCC3(CC2)CC3NC(=O)c2cc(F)cc(Cl)c2)cc1.Cc1ccc(C(O)CN2CCC3(CC2)C[C@H]3NC(=O)c2cc(F)cc(Cl)c2)cc1. The van der Waals surface area contributed by atoms with Crippen LogP contribution in [0.2, 0.25) is 10.0 Å². The molecular weight excluding hydrogens is 781 g/mol. The number of aliphatic hydroxyl groups is 2. The topological polar surface area (TPSA) is 105 Å². The van der Waals surface area contributed by atoms with Gasteiger partial charge in [0, 0.05) is 46.3 Å². The van der Waals surface area contributed by atoms with E-state index in [1.54, 1.807) is 0 Å². The number of halogens is 4. The summed E-state index contributed by atoms with van der Waals surface area (Å²) in [6.07, 6.45) is 4.89. The van der Waals surface area contributed by atoms with E-state index in [-0.39, 0.29) is 55.9 Å². The second-order valence-corrected chi connectivity index (χ2v) is 17.8. The Balaban J connectivity index is 0.000000177. The molecule has 2 saturated carbocycles. The molecule has 4 aromatic rings. The highest BCUT2D eigenvalue weighted by Gasteiger charge is 2.56. The second-order valence-electron chi connectivity index (χ2n) is 17.0. The van der Waals surface area contributed by atoms with Crippen LogP contribution in [0.5, 0.6) is 0 Å². The standard InChI is InChI=1S/2C23H26ClFN2O2/c2*1-15-2-4-16(5-3-15)20(28)14-27-8-6-23(7-9-27)13-21(23)26-22(29)17-10-18(24)12-19(25)11-17/h2*2-5,10-12,20-21,28H,6-9,13-14H2,1H3,(H,26,29)/t20?,21-;/m1./s1. The molecule has 4 aromatic carbocycles. The van der Waals surface area contributed by atoms with E-state index in [1.807, 2.05) is 62.4 Å². The molecule has 3 unspecified atom stereocenters. The van der Waals surface area contributed by atoms with E-state index in [1.165, 1.54) is 47.5 Å². The fourth-order valence-electron chi connectivity index (χ4n) is 8.70. The zero-order valence-electron chi connectivity index (χ0n) is 33.0. The number of aliphatic hydroxyl groups excluding tert-OH is 2. The van der Waals surface area contributed by atoms with E-state index in [2.05, 4.69) is 20.4 Å². The average Bonchev–Trinajstić information content (AvgIpc) is 4.07. The minimum atomic E-state index is -0.506. The summed E-state index contributed by atoms with van der Waals surface area (Å²) in [7, 11) is 0. The van der Waals surface area contributed by atoms with Crippen LogP contribution in [0.1, 0.15) is 93.7 Å². The predicted molar refractivity (Wildman–Crippen MR) is 223 cm³/mol. The van der Waals surface area contributed by atoms with Crippen LogP contribution in [-0.2, 0) is 0 Å². The minimum Gasteiger partial charge on any atom is -0.387 e. The fourth-order valence-corrected chi connectivity index (χ4v) is 9.14. The number of carbonyl (C=O) groups excluding carboxylic acids is 2. The van der Waals surface area contributed by atoms with Gasteiger partial charge in [-0.2, -0.15) is 0 Å². The molecule has 8 rings (SSSR count). The van der Waals surface area contributed by atoms with Crippen LogP contribution in [0, 0.1) is 36.3 Å². The molecule has 0 radical (unpaired) electrons. The van der Waals surface area contributed by atoms with Crippen molar-refractivity contribution in [2.75, 3.05) is 39.3 Å². The van der Waals surface area contributed by atoms with E-state index < -0.39 is 23.8 Å². The third-order valence-electron chi connectivity index (χ3n) is 12.7. The fraction of sp³-hybridized carbons (Fsp3) is 0.435. The largest absolute Gasteiger partial charge is 0.387 e. The van der Waals surface area contributed by atoms with Gasteiger partial charge in [-0.1, -0.05) is 82.9 Å². The molecule has 4 N–H and O–H groups in total. The summed E-state index contributed by atoms with van der Waals surface area (Å²) in [4.78, 5) is 29.5. The quantitative estimate of drug-likeness (QED) is 0.129. The Bertz CT molecular complexity index is 1900. The van der Waals surface area contributed by atoms with Crippen molar-refractivity contribution in [3.05, 3.63) is 140 Å². The molecule has 8 nitrogen and oxygen atoms in total. The van der Waals surface area contributed by atoms with E-state index >= 15 is 0 Å². The number of benzene rings is 4. The lowest BCUT2D eigenvalue weighted by Crippen LogP contribution is -2.40. The number of likely N-dealkylation sites (tertiary alicyclic amines) is 2. The lowest BCUT2D eigenvalue weighted by molar-refractivity contribution is 0.0809. The van der Waals surface area contributed by atoms with Gasteiger partial charge in [0.25, 0.3) is 11.8 Å². The number of nitrogens with one attached hydrogen (secondary N) is 2. The van der Waals surface area contributed by atoms with Crippen molar-refractivity contribution < 1.29 is 28.6 Å². The van der Waals surface area contributed by atoms with Crippen molar-refractivity contribution in [3.63, 3.8) is 0 Å². The van der Waals surface area contributed by atoms with Crippen LogP contribution in [0.4, 0.5) is 8.78 Å². The highest BCUT2D eigenvalue weighted by atomic mass is 35.5. The van der Waals surface area contributed by atoms with Crippen LogP contribution in [0.15, 0.2) is 84.9 Å². The maximum absolute atomic E-state index is 13.5. The number of β-amino-alcohol motifs (C(OH)–C–C–N with tert-alkyl or cyclic N) is 2. The molecule has 0 bridgehead atoms. The van der Waals surface area contributed by atoms with Crippen LogP contribution in [0.3, 0.4) is 0 Å². The summed E-state index contributed by atoms with van der Waals surface area (Å²) in [5.74, 6) is -1.56. The van der Waals surface area contributed by atoms with Crippen LogP contribution >= 0.6 is 23.2 Å². The lowest BCUT2D eigenvalue weighted by Gasteiger charge is -2.34. The van der Waals surface area contributed by atoms with E-state index in [0.29, 0.717) is 13.1 Å². The number of amides is 2. The molecule has 2 aliphatic carbocycles. The number of rotatable bonds is 10. The van der Waals surface area contributed by atoms with E-state index in [0.717, 1.165) is 75.8 Å². The first kappa shape index (κ1) is 42.2. The minimum absolute atomic E-state index is 0.126. The van der Waals surface area contributed by atoms with Crippen LogP contribution < -0.4 is 10.6 Å². The molecule has 0 aromatic heterocycles. The molecule has 2 saturated heterocycles. The number of piperidine rings is 2. The van der Waals surface area contributed by atoms with Crippen molar-refractivity contribution in [2.24, 2.45) is 10.8 Å². The Labute approximate surface area is 349 Å². The summed E-state index contributed by atoms with van der Waals surface area (Å²) in [5, 5.41) is 27.5. The maximum Gasteiger partial charge on any atom is 0.251 e. The zero-order chi connectivity index (χ0) is 41.2. The van der Waals surface area contributed by atoms with E-state index in [9.17, 15) is 28.6 Å². The maximum atomic E-state index is 13.5. The molecule has 2 spiro atoms. The van der Waals surface area contributed by atoms with Gasteiger partial charge in [0.15, 0.2) is 0 Å². The molecular formula is C46H52Cl2F2N4O4. The van der Waals surface area contributed by atoms with E-state index in [4.69, 9.17) is 23.2 Å². The molecule has 4 atom stereocenters. The van der Waals surface area contributed by atoms with Crippen molar-refractivity contribution >= 4 is 35.0 Å². The predicted octanol–water partition coefficient (Wildman–Crippen LogP) is 8.21. The molecule has 308 valence electrons. The first-order valence-corrected chi connectivity index (χ1v) is 20.9. The Hall–Kier alpha value is -3.90. The van der Waals surface area contributed by atoms with Gasteiger partial charge in [-0.25, -0.2) is 8.78 Å². The van der Waals surface area contributed by atoms with Gasteiger partial charge in [0.05, 0.1) is 12.2 Å². The number of hydrogen-bond acceptors (Lipinski definition) is 6. The smallest absolute Gasteiger partial charge is 0.251 e. The Morgan fingerprint density at radius 1 is 0.638 bits per heavy atom. The molecule has 58 heavy (non-hydrogen) atoms. The van der Waals surface area contributed by atoms with Crippen molar-refractivity contribution in [1.29, 1.82) is 0 Å². The van der Waals surface area contributed by atoms with Gasteiger partial charge < -0.3 is 30.6 Å². The Kier molecular flexibility index (Phi) is 12.9. The molecule has 4 aliphatic rings. The molecule has 4 fully saturated rings. The van der Waals surface area contributed by atoms with Crippen molar-refractivity contribution in [3.8, 4) is 0 Å². The third-order valence-corrected chi connectivity index (χ3v) is 13.2. The van der Waals surface area contributed by atoms with Gasteiger partial charge in [0.1, 0.15) is 11.6 Å². The summed E-state index contributed by atoms with van der Waals surface area (Å²) in [6.45, 7) is 8.93. The summed E-state index contributed by atoms with van der Waals surface area (Å²) >= 11 is 11.7. The number of aryl methyl sites for hydroxylation is 2. The molecule has 2 amide bonds. The summed E-state index contributed by atoms with van der Waals surface area (Å²) in [6, 6.07) is 24.1. The van der Waals surface area contributed by atoms with Gasteiger partial charge >= 0.3 is 0 Å². The second kappa shape index (κ2) is 17.8. The Morgan fingerprint density at radius 3 is 1.31 bits per heavy atom. The monoisotopic (exact) mass is 832 g/mol. The first-order chi connectivity index (χ1) is 27.7.